The molecule has 0 saturated heterocycles. The highest BCUT2D eigenvalue weighted by Gasteiger charge is 2.23. The molecular weight excluding hydrogens is 248 g/mol. The molecular formula is C13H18N2O2S. The molecule has 0 unspecified atom stereocenters. The molecule has 0 radical (unpaired) electrons. The summed E-state index contributed by atoms with van der Waals surface area (Å²) in [6.07, 6.45) is 7.85. The molecule has 98 valence electrons. The van der Waals surface area contributed by atoms with E-state index in [0.717, 1.165) is 18.7 Å². The van der Waals surface area contributed by atoms with E-state index in [1.54, 1.807) is 6.92 Å². The Morgan fingerprint density at radius 3 is 2.50 bits per heavy atom. The van der Waals surface area contributed by atoms with Crippen molar-refractivity contribution in [2.24, 2.45) is 0 Å². The first-order valence-corrected chi connectivity index (χ1v) is 7.51. The van der Waals surface area contributed by atoms with Gasteiger partial charge in [-0.15, -0.1) is 11.8 Å². The summed E-state index contributed by atoms with van der Waals surface area (Å²) in [7, 11) is 0. The van der Waals surface area contributed by atoms with E-state index in [1.165, 1.54) is 31.0 Å². The van der Waals surface area contributed by atoms with E-state index in [0.29, 0.717) is 16.6 Å². The fraction of sp³-hybridized carbons (Fsp3) is 0.615. The number of carboxylic acids is 1. The molecule has 4 nitrogen and oxygen atoms in total. The normalized spacial score (nSPS) is 16.8. The van der Waals surface area contributed by atoms with Crippen LogP contribution >= 0.6 is 11.8 Å². The van der Waals surface area contributed by atoms with Gasteiger partial charge < -0.3 is 5.11 Å². The van der Waals surface area contributed by atoms with Crippen LogP contribution in [-0.2, 0) is 0 Å². The van der Waals surface area contributed by atoms with Crippen molar-refractivity contribution < 1.29 is 9.90 Å². The first-order chi connectivity index (χ1) is 8.63. The SMILES string of the molecule is CSc1nc(C2CCCCC2)nc(C)c1C(=O)O. The van der Waals surface area contributed by atoms with Gasteiger partial charge in [0, 0.05) is 5.92 Å². The summed E-state index contributed by atoms with van der Waals surface area (Å²) < 4.78 is 0. The fourth-order valence-electron chi connectivity index (χ4n) is 2.50. The minimum Gasteiger partial charge on any atom is -0.478 e. The first kappa shape index (κ1) is 13.3. The molecule has 0 aliphatic heterocycles. The summed E-state index contributed by atoms with van der Waals surface area (Å²) in [6, 6.07) is 0. The lowest BCUT2D eigenvalue weighted by Gasteiger charge is -2.21. The van der Waals surface area contributed by atoms with E-state index in [4.69, 9.17) is 0 Å². The smallest absolute Gasteiger partial charge is 0.340 e. The largest absolute Gasteiger partial charge is 0.478 e. The van der Waals surface area contributed by atoms with Gasteiger partial charge in [-0.25, -0.2) is 14.8 Å². The standard InChI is InChI=1S/C13H18N2O2S/c1-8-10(13(16)17)12(18-2)15-11(14-8)9-6-4-3-5-7-9/h9H,3-7H2,1-2H3,(H,16,17). The maximum absolute atomic E-state index is 11.2. The highest BCUT2D eigenvalue weighted by molar-refractivity contribution is 7.98. The lowest BCUT2D eigenvalue weighted by Crippen LogP contribution is -2.14. The molecule has 0 aromatic carbocycles. The van der Waals surface area contributed by atoms with Crippen LogP contribution in [0.3, 0.4) is 0 Å². The summed E-state index contributed by atoms with van der Waals surface area (Å²) >= 11 is 1.38. The third kappa shape index (κ3) is 2.66. The Balaban J connectivity index is 2.38. The van der Waals surface area contributed by atoms with Crippen LogP contribution in [0.1, 0.15) is 59.9 Å². The van der Waals surface area contributed by atoms with Crippen molar-refractivity contribution in [3.8, 4) is 0 Å². The van der Waals surface area contributed by atoms with Crippen LogP contribution in [0, 0.1) is 6.92 Å². The molecule has 1 aromatic rings. The quantitative estimate of drug-likeness (QED) is 0.672. The molecule has 1 aromatic heterocycles. The Morgan fingerprint density at radius 2 is 1.94 bits per heavy atom. The highest BCUT2D eigenvalue weighted by Crippen LogP contribution is 2.32. The van der Waals surface area contributed by atoms with E-state index in [9.17, 15) is 9.90 Å². The highest BCUT2D eigenvalue weighted by atomic mass is 32.2. The second kappa shape index (κ2) is 5.69. The number of rotatable bonds is 3. The second-order valence-corrected chi connectivity index (χ2v) is 5.49. The van der Waals surface area contributed by atoms with Crippen molar-refractivity contribution in [1.29, 1.82) is 0 Å². The van der Waals surface area contributed by atoms with E-state index < -0.39 is 5.97 Å². The second-order valence-electron chi connectivity index (χ2n) is 4.69. The molecule has 1 N–H and O–H groups in total. The Labute approximate surface area is 111 Å². The van der Waals surface area contributed by atoms with Crippen molar-refractivity contribution in [2.75, 3.05) is 6.26 Å². The van der Waals surface area contributed by atoms with Crippen LogP contribution in [0.5, 0.6) is 0 Å². The van der Waals surface area contributed by atoms with Crippen molar-refractivity contribution in [3.63, 3.8) is 0 Å². The summed E-state index contributed by atoms with van der Waals surface area (Å²) in [5.41, 5.74) is 0.837. The van der Waals surface area contributed by atoms with Gasteiger partial charge in [-0.2, -0.15) is 0 Å². The average Bonchev–Trinajstić information content (AvgIpc) is 2.38. The maximum Gasteiger partial charge on any atom is 0.340 e. The summed E-state index contributed by atoms with van der Waals surface area (Å²) in [6.45, 7) is 1.76. The minimum atomic E-state index is -0.938. The van der Waals surface area contributed by atoms with Crippen LogP contribution < -0.4 is 0 Å². The summed E-state index contributed by atoms with van der Waals surface area (Å²) in [4.78, 5) is 20.1. The van der Waals surface area contributed by atoms with E-state index in [-0.39, 0.29) is 5.56 Å². The number of thioether (sulfide) groups is 1. The van der Waals surface area contributed by atoms with Gasteiger partial charge in [0.05, 0.1) is 5.69 Å². The van der Waals surface area contributed by atoms with Crippen LogP contribution in [0.2, 0.25) is 0 Å². The summed E-state index contributed by atoms with van der Waals surface area (Å²) in [5.74, 6) is 0.305. The molecule has 0 atom stereocenters. The molecule has 1 heterocycles. The first-order valence-electron chi connectivity index (χ1n) is 6.29. The molecule has 0 bridgehead atoms. The zero-order valence-electron chi connectivity index (χ0n) is 10.8. The lowest BCUT2D eigenvalue weighted by atomic mass is 9.88. The molecule has 1 aliphatic rings. The molecule has 1 saturated carbocycles. The molecule has 0 amide bonds. The van der Waals surface area contributed by atoms with Crippen LogP contribution in [0.4, 0.5) is 0 Å². The number of aryl methyl sites for hydroxylation is 1. The Kier molecular flexibility index (Phi) is 4.22. The van der Waals surface area contributed by atoms with Crippen LogP contribution in [0.15, 0.2) is 5.03 Å². The predicted molar refractivity (Wildman–Crippen MR) is 71.3 cm³/mol. The van der Waals surface area contributed by atoms with Gasteiger partial charge in [0.15, 0.2) is 0 Å². The number of hydrogen-bond acceptors (Lipinski definition) is 4. The zero-order chi connectivity index (χ0) is 13.1. The van der Waals surface area contributed by atoms with Crippen LogP contribution in [0.25, 0.3) is 0 Å². The van der Waals surface area contributed by atoms with Crippen molar-refractivity contribution in [1.82, 2.24) is 9.97 Å². The maximum atomic E-state index is 11.2. The van der Waals surface area contributed by atoms with Crippen molar-refractivity contribution in [3.05, 3.63) is 17.1 Å². The van der Waals surface area contributed by atoms with Gasteiger partial charge in [-0.05, 0) is 26.0 Å². The van der Waals surface area contributed by atoms with Gasteiger partial charge in [0.1, 0.15) is 16.4 Å². The van der Waals surface area contributed by atoms with Gasteiger partial charge in [0.25, 0.3) is 0 Å². The Hall–Kier alpha value is -1.10. The minimum absolute atomic E-state index is 0.252. The third-order valence-corrected chi connectivity index (χ3v) is 4.13. The lowest BCUT2D eigenvalue weighted by molar-refractivity contribution is 0.0690. The number of nitrogens with zero attached hydrogens (tertiary/aromatic N) is 2. The number of aromatic carboxylic acids is 1. The monoisotopic (exact) mass is 266 g/mol. The average molecular weight is 266 g/mol. The third-order valence-electron chi connectivity index (χ3n) is 3.45. The molecule has 5 heteroatoms. The van der Waals surface area contributed by atoms with Crippen LogP contribution in [-0.4, -0.2) is 27.3 Å². The van der Waals surface area contributed by atoms with Gasteiger partial charge in [-0.3, -0.25) is 0 Å². The van der Waals surface area contributed by atoms with Gasteiger partial charge in [0.2, 0.25) is 0 Å². The van der Waals surface area contributed by atoms with Crippen molar-refractivity contribution in [2.45, 2.75) is 50.0 Å². The Morgan fingerprint density at radius 1 is 1.28 bits per heavy atom. The molecule has 1 fully saturated rings. The summed E-state index contributed by atoms with van der Waals surface area (Å²) in [5, 5.41) is 9.78. The topological polar surface area (TPSA) is 63.1 Å². The van der Waals surface area contributed by atoms with E-state index in [1.807, 2.05) is 6.26 Å². The van der Waals surface area contributed by atoms with E-state index >= 15 is 0 Å². The molecule has 2 rings (SSSR count). The fourth-order valence-corrected chi connectivity index (χ4v) is 3.13. The molecule has 0 spiro atoms. The molecule has 18 heavy (non-hydrogen) atoms. The Bertz CT molecular complexity index is 457. The van der Waals surface area contributed by atoms with Crippen molar-refractivity contribution >= 4 is 17.7 Å². The van der Waals surface area contributed by atoms with E-state index in [2.05, 4.69) is 9.97 Å². The van der Waals surface area contributed by atoms with Gasteiger partial charge in [-0.1, -0.05) is 19.3 Å². The zero-order valence-corrected chi connectivity index (χ0v) is 11.6. The predicted octanol–water partition coefficient (Wildman–Crippen LogP) is 3.25. The van der Waals surface area contributed by atoms with Gasteiger partial charge >= 0.3 is 5.97 Å². The number of carbonyl (C=O) groups is 1. The number of carboxylic acid groups (broad SMARTS) is 1. The molecule has 1 aliphatic carbocycles. The number of aromatic nitrogens is 2. The number of hydrogen-bond donors (Lipinski definition) is 1.